The Hall–Kier alpha value is -4.16. The van der Waals surface area contributed by atoms with Gasteiger partial charge in [0.15, 0.2) is 16.3 Å². The summed E-state index contributed by atoms with van der Waals surface area (Å²) in [4.78, 5) is 29.8. The molecule has 0 atom stereocenters. The van der Waals surface area contributed by atoms with Gasteiger partial charge in [-0.15, -0.1) is 0 Å². The molecular formula is C25H21N3O7S2. The van der Waals surface area contributed by atoms with Crippen molar-refractivity contribution >= 4 is 49.1 Å². The summed E-state index contributed by atoms with van der Waals surface area (Å²) in [5.41, 5.74) is 1.20. The smallest absolute Gasteiger partial charge is 0.325 e. The number of methoxy groups -OCH3 is 1. The van der Waals surface area contributed by atoms with Gasteiger partial charge >= 0.3 is 5.97 Å². The number of rotatable bonds is 6. The molecule has 0 saturated heterocycles. The molecule has 1 N–H and O–H groups in total. The lowest BCUT2D eigenvalue weighted by atomic mass is 10.2. The Balaban J connectivity index is 1.46. The summed E-state index contributed by atoms with van der Waals surface area (Å²) in [6.45, 7) is 0.689. The van der Waals surface area contributed by atoms with Gasteiger partial charge in [-0.1, -0.05) is 29.5 Å². The number of amides is 1. The van der Waals surface area contributed by atoms with E-state index in [9.17, 15) is 18.0 Å². The number of aromatic nitrogens is 1. The summed E-state index contributed by atoms with van der Waals surface area (Å²) in [6, 6.07) is 17.4. The summed E-state index contributed by atoms with van der Waals surface area (Å²) < 4.78 is 46.0. The van der Waals surface area contributed by atoms with E-state index >= 15 is 0 Å². The van der Waals surface area contributed by atoms with Gasteiger partial charge in [-0.05, 0) is 36.4 Å². The Morgan fingerprint density at radius 1 is 1.03 bits per heavy atom. The molecule has 0 radical (unpaired) electrons. The Labute approximate surface area is 215 Å². The molecule has 1 aromatic heterocycles. The number of carbonyl (C=O) groups is 2. The average molecular weight is 540 g/mol. The Morgan fingerprint density at radius 3 is 2.38 bits per heavy atom. The van der Waals surface area contributed by atoms with Crippen molar-refractivity contribution in [1.82, 2.24) is 4.57 Å². The normalized spacial score (nSPS) is 13.4. The number of nitrogens with zero attached hydrogens (tertiary/aromatic N) is 2. The van der Waals surface area contributed by atoms with Gasteiger partial charge in [-0.3, -0.25) is 14.3 Å². The second kappa shape index (κ2) is 10.1. The molecule has 1 amide bonds. The third kappa shape index (κ3) is 5.20. The Kier molecular flexibility index (Phi) is 6.68. The third-order valence-electron chi connectivity index (χ3n) is 5.50. The zero-order valence-electron chi connectivity index (χ0n) is 19.5. The summed E-state index contributed by atoms with van der Waals surface area (Å²) in [5, 5.41) is 0. The monoisotopic (exact) mass is 539 g/mol. The summed E-state index contributed by atoms with van der Waals surface area (Å²) in [6.07, 6.45) is 0. The number of benzene rings is 3. The molecule has 0 saturated carbocycles. The first-order valence-corrected chi connectivity index (χ1v) is 13.4. The van der Waals surface area contributed by atoms with Crippen molar-refractivity contribution in [3.8, 4) is 11.5 Å². The fraction of sp³-hybridized carbons (Fsp3) is 0.160. The van der Waals surface area contributed by atoms with Gasteiger partial charge in [0.2, 0.25) is 0 Å². The predicted octanol–water partition coefficient (Wildman–Crippen LogP) is 3.19. The van der Waals surface area contributed by atoms with Crippen molar-refractivity contribution in [3.05, 3.63) is 77.1 Å². The largest absolute Gasteiger partial charge is 0.486 e. The van der Waals surface area contributed by atoms with E-state index < -0.39 is 21.9 Å². The fourth-order valence-electron chi connectivity index (χ4n) is 3.68. The SMILES string of the molecule is COC(=O)Cn1c(=NC(=O)c2ccc(NS(=O)(=O)c3ccccc3)cc2)sc2cc3c(cc21)OCCO3. The highest BCUT2D eigenvalue weighted by molar-refractivity contribution is 7.92. The highest BCUT2D eigenvalue weighted by atomic mass is 32.2. The quantitative estimate of drug-likeness (QED) is 0.373. The van der Waals surface area contributed by atoms with Crippen LogP contribution in [0.1, 0.15) is 10.4 Å². The molecule has 0 fully saturated rings. The molecule has 0 aliphatic carbocycles. The van der Waals surface area contributed by atoms with E-state index in [1.165, 1.54) is 54.8 Å². The second-order valence-corrected chi connectivity index (χ2v) is 10.6. The second-order valence-electron chi connectivity index (χ2n) is 7.92. The lowest BCUT2D eigenvalue weighted by Gasteiger charge is -2.18. The molecule has 5 rings (SSSR count). The molecule has 10 nitrogen and oxygen atoms in total. The first-order chi connectivity index (χ1) is 17.8. The van der Waals surface area contributed by atoms with Gasteiger partial charge < -0.3 is 18.8 Å². The molecule has 1 aliphatic heterocycles. The molecule has 190 valence electrons. The van der Waals surface area contributed by atoms with Crippen LogP contribution in [-0.2, 0) is 26.1 Å². The third-order valence-corrected chi connectivity index (χ3v) is 7.93. The number of hydrogen-bond acceptors (Lipinski definition) is 8. The van der Waals surface area contributed by atoms with Crippen molar-refractivity contribution in [2.75, 3.05) is 25.0 Å². The zero-order chi connectivity index (χ0) is 26.0. The first-order valence-electron chi connectivity index (χ1n) is 11.1. The van der Waals surface area contributed by atoms with Crippen molar-refractivity contribution < 1.29 is 32.2 Å². The van der Waals surface area contributed by atoms with Crippen LogP contribution >= 0.6 is 11.3 Å². The number of carbonyl (C=O) groups excluding carboxylic acids is 2. The molecule has 37 heavy (non-hydrogen) atoms. The van der Waals surface area contributed by atoms with Crippen LogP contribution in [-0.4, -0.2) is 45.2 Å². The fourth-order valence-corrected chi connectivity index (χ4v) is 5.80. The number of thiazole rings is 1. The number of ether oxygens (including phenoxy) is 3. The van der Waals surface area contributed by atoms with Crippen LogP contribution in [0.4, 0.5) is 5.69 Å². The van der Waals surface area contributed by atoms with Gasteiger partial charge in [-0.2, -0.15) is 4.99 Å². The maximum Gasteiger partial charge on any atom is 0.325 e. The highest BCUT2D eigenvalue weighted by Gasteiger charge is 2.19. The lowest BCUT2D eigenvalue weighted by Crippen LogP contribution is -2.22. The van der Waals surface area contributed by atoms with Gasteiger partial charge in [0.25, 0.3) is 15.9 Å². The Morgan fingerprint density at radius 2 is 1.70 bits per heavy atom. The predicted molar refractivity (Wildman–Crippen MR) is 136 cm³/mol. The van der Waals surface area contributed by atoms with E-state index in [0.29, 0.717) is 40.7 Å². The maximum absolute atomic E-state index is 13.0. The van der Waals surface area contributed by atoms with E-state index in [2.05, 4.69) is 9.71 Å². The number of esters is 1. The lowest BCUT2D eigenvalue weighted by molar-refractivity contribution is -0.141. The van der Waals surface area contributed by atoms with Crippen LogP contribution in [0.5, 0.6) is 11.5 Å². The molecule has 4 aromatic rings. The molecule has 0 bridgehead atoms. The minimum Gasteiger partial charge on any atom is -0.486 e. The van der Waals surface area contributed by atoms with Gasteiger partial charge in [0, 0.05) is 23.4 Å². The highest BCUT2D eigenvalue weighted by Crippen LogP contribution is 2.35. The van der Waals surface area contributed by atoms with Crippen molar-refractivity contribution in [1.29, 1.82) is 0 Å². The van der Waals surface area contributed by atoms with E-state index in [0.717, 1.165) is 4.70 Å². The van der Waals surface area contributed by atoms with Crippen molar-refractivity contribution in [3.63, 3.8) is 0 Å². The van der Waals surface area contributed by atoms with Crippen molar-refractivity contribution in [2.45, 2.75) is 11.4 Å². The van der Waals surface area contributed by atoms with Gasteiger partial charge in [-0.25, -0.2) is 8.42 Å². The molecule has 0 unspecified atom stereocenters. The number of sulfonamides is 1. The number of nitrogens with one attached hydrogen (secondary N) is 1. The van der Waals surface area contributed by atoms with Gasteiger partial charge in [0.05, 0.1) is 22.2 Å². The molecule has 1 aliphatic rings. The summed E-state index contributed by atoms with van der Waals surface area (Å²) >= 11 is 1.22. The maximum atomic E-state index is 13.0. The zero-order valence-corrected chi connectivity index (χ0v) is 21.2. The van der Waals surface area contributed by atoms with Crippen LogP contribution in [0.15, 0.2) is 76.6 Å². The Bertz CT molecular complexity index is 1660. The molecule has 0 spiro atoms. The standard InChI is InChI=1S/C25H21N3O7S2/c1-33-23(29)15-28-19-13-20-21(35-12-11-34-20)14-22(19)36-25(28)26-24(30)16-7-9-17(10-8-16)27-37(31,32)18-5-3-2-4-6-18/h2-10,13-14,27H,11-12,15H2,1H3. The number of fused-ring (bicyclic) bond motifs is 2. The van der Waals surface area contributed by atoms with Crippen LogP contribution in [0.25, 0.3) is 10.2 Å². The molecule has 3 aromatic carbocycles. The van der Waals surface area contributed by atoms with Crippen LogP contribution in [0, 0.1) is 0 Å². The van der Waals surface area contributed by atoms with E-state index in [1.54, 1.807) is 34.9 Å². The molecule has 2 heterocycles. The average Bonchev–Trinajstić information content (AvgIpc) is 3.23. The van der Waals surface area contributed by atoms with Crippen LogP contribution in [0.3, 0.4) is 0 Å². The molecule has 12 heteroatoms. The minimum atomic E-state index is -3.76. The minimum absolute atomic E-state index is 0.127. The van der Waals surface area contributed by atoms with E-state index in [-0.39, 0.29) is 17.0 Å². The van der Waals surface area contributed by atoms with E-state index in [1.807, 2.05) is 0 Å². The summed E-state index contributed by atoms with van der Waals surface area (Å²) in [5.74, 6) is 0.0664. The summed E-state index contributed by atoms with van der Waals surface area (Å²) in [7, 11) is -2.48. The number of hydrogen-bond donors (Lipinski definition) is 1. The van der Waals surface area contributed by atoms with Crippen LogP contribution < -0.4 is 19.0 Å². The first kappa shape index (κ1) is 24.5. The van der Waals surface area contributed by atoms with E-state index in [4.69, 9.17) is 14.2 Å². The van der Waals surface area contributed by atoms with Crippen molar-refractivity contribution in [2.24, 2.45) is 4.99 Å². The van der Waals surface area contributed by atoms with Crippen LogP contribution in [0.2, 0.25) is 0 Å². The van der Waals surface area contributed by atoms with Gasteiger partial charge in [0.1, 0.15) is 19.8 Å². The number of anilines is 1. The topological polar surface area (TPSA) is 125 Å². The molecular weight excluding hydrogens is 518 g/mol.